The fourth-order valence-corrected chi connectivity index (χ4v) is 2.66. The summed E-state index contributed by atoms with van der Waals surface area (Å²) in [5, 5.41) is 3.63. The van der Waals surface area contributed by atoms with Crippen molar-refractivity contribution >= 4 is 0 Å². The molecule has 1 N–H and O–H groups in total. The van der Waals surface area contributed by atoms with Crippen molar-refractivity contribution in [1.29, 1.82) is 0 Å². The highest BCUT2D eigenvalue weighted by molar-refractivity contribution is 5.25. The minimum atomic E-state index is 0.307. The van der Waals surface area contributed by atoms with Crippen molar-refractivity contribution in [2.45, 2.75) is 38.3 Å². The van der Waals surface area contributed by atoms with E-state index in [0.717, 1.165) is 19.2 Å². The normalized spacial score (nSPS) is 28.5. The van der Waals surface area contributed by atoms with E-state index in [-0.39, 0.29) is 0 Å². The highest BCUT2D eigenvalue weighted by Crippen LogP contribution is 2.35. The van der Waals surface area contributed by atoms with Crippen molar-refractivity contribution in [3.63, 3.8) is 0 Å². The predicted octanol–water partition coefficient (Wildman–Crippen LogP) is 2.82. The van der Waals surface area contributed by atoms with Gasteiger partial charge in [0.1, 0.15) is 0 Å². The van der Waals surface area contributed by atoms with Gasteiger partial charge in [0, 0.05) is 25.1 Å². The number of rotatable bonds is 4. The first-order valence-electron chi connectivity index (χ1n) is 6.74. The Labute approximate surface area is 103 Å². The Hall–Kier alpha value is -0.860. The van der Waals surface area contributed by atoms with Crippen LogP contribution in [-0.4, -0.2) is 19.2 Å². The fourth-order valence-electron chi connectivity index (χ4n) is 2.66. The SMILES string of the molecule is Cc1cccc(C2OCCC2CNC2CC2)c1. The number of nitrogens with one attached hydrogen (secondary N) is 1. The highest BCUT2D eigenvalue weighted by atomic mass is 16.5. The summed E-state index contributed by atoms with van der Waals surface area (Å²) in [4.78, 5) is 0. The summed E-state index contributed by atoms with van der Waals surface area (Å²) >= 11 is 0. The van der Waals surface area contributed by atoms with E-state index in [1.54, 1.807) is 0 Å². The summed E-state index contributed by atoms with van der Waals surface area (Å²) in [6.45, 7) is 4.18. The van der Waals surface area contributed by atoms with Crippen molar-refractivity contribution in [3.8, 4) is 0 Å². The quantitative estimate of drug-likeness (QED) is 0.860. The average Bonchev–Trinajstić information content (AvgIpc) is 3.04. The van der Waals surface area contributed by atoms with Gasteiger partial charge in [-0.2, -0.15) is 0 Å². The topological polar surface area (TPSA) is 21.3 Å². The van der Waals surface area contributed by atoms with Crippen LogP contribution in [0.3, 0.4) is 0 Å². The standard InChI is InChI=1S/C15H21NO/c1-11-3-2-4-12(9-11)15-13(7-8-17-15)10-16-14-5-6-14/h2-4,9,13-16H,5-8,10H2,1H3. The van der Waals surface area contributed by atoms with Crippen molar-refractivity contribution < 1.29 is 4.74 Å². The molecule has 1 aromatic carbocycles. The number of aryl methyl sites for hydroxylation is 1. The van der Waals surface area contributed by atoms with Crippen molar-refractivity contribution in [3.05, 3.63) is 35.4 Å². The monoisotopic (exact) mass is 231 g/mol. The molecule has 0 radical (unpaired) electrons. The lowest BCUT2D eigenvalue weighted by atomic mass is 9.94. The lowest BCUT2D eigenvalue weighted by Crippen LogP contribution is -2.26. The van der Waals surface area contributed by atoms with Crippen LogP contribution in [0.25, 0.3) is 0 Å². The van der Waals surface area contributed by atoms with E-state index in [2.05, 4.69) is 36.5 Å². The van der Waals surface area contributed by atoms with E-state index in [0.29, 0.717) is 12.0 Å². The Morgan fingerprint density at radius 2 is 2.18 bits per heavy atom. The molecule has 0 spiro atoms. The maximum Gasteiger partial charge on any atom is 0.0866 e. The Morgan fingerprint density at radius 3 is 2.94 bits per heavy atom. The minimum Gasteiger partial charge on any atom is -0.373 e. The molecule has 92 valence electrons. The molecule has 17 heavy (non-hydrogen) atoms. The van der Waals surface area contributed by atoms with E-state index in [9.17, 15) is 0 Å². The predicted molar refractivity (Wildman–Crippen MR) is 69.0 cm³/mol. The van der Waals surface area contributed by atoms with E-state index >= 15 is 0 Å². The van der Waals surface area contributed by atoms with Crippen LogP contribution in [0.2, 0.25) is 0 Å². The molecule has 1 aliphatic carbocycles. The summed E-state index contributed by atoms with van der Waals surface area (Å²) in [6.07, 6.45) is 4.23. The van der Waals surface area contributed by atoms with E-state index in [1.165, 1.54) is 30.4 Å². The number of hydrogen-bond acceptors (Lipinski definition) is 2. The number of hydrogen-bond donors (Lipinski definition) is 1. The van der Waals surface area contributed by atoms with Crippen molar-refractivity contribution in [2.75, 3.05) is 13.2 Å². The van der Waals surface area contributed by atoms with Crippen LogP contribution in [0.1, 0.15) is 36.5 Å². The van der Waals surface area contributed by atoms with Gasteiger partial charge in [0.05, 0.1) is 6.10 Å². The van der Waals surface area contributed by atoms with Crippen LogP contribution in [0.4, 0.5) is 0 Å². The van der Waals surface area contributed by atoms with Gasteiger partial charge in [-0.3, -0.25) is 0 Å². The lowest BCUT2D eigenvalue weighted by molar-refractivity contribution is 0.0904. The molecule has 0 aromatic heterocycles. The largest absolute Gasteiger partial charge is 0.373 e. The highest BCUT2D eigenvalue weighted by Gasteiger charge is 2.31. The molecule has 2 fully saturated rings. The zero-order valence-electron chi connectivity index (χ0n) is 10.5. The van der Waals surface area contributed by atoms with Gasteiger partial charge in [-0.25, -0.2) is 0 Å². The lowest BCUT2D eigenvalue weighted by Gasteiger charge is -2.19. The van der Waals surface area contributed by atoms with Gasteiger partial charge in [-0.15, -0.1) is 0 Å². The molecule has 0 bridgehead atoms. The fraction of sp³-hybridized carbons (Fsp3) is 0.600. The maximum absolute atomic E-state index is 5.92. The first-order valence-corrected chi connectivity index (χ1v) is 6.74. The van der Waals surface area contributed by atoms with E-state index < -0.39 is 0 Å². The Kier molecular flexibility index (Phi) is 3.17. The van der Waals surface area contributed by atoms with Gasteiger partial charge in [0.2, 0.25) is 0 Å². The van der Waals surface area contributed by atoms with Crippen LogP contribution in [-0.2, 0) is 4.74 Å². The third-order valence-electron chi connectivity index (χ3n) is 3.83. The molecule has 1 aliphatic heterocycles. The van der Waals surface area contributed by atoms with Crippen LogP contribution in [0, 0.1) is 12.8 Å². The summed E-state index contributed by atoms with van der Waals surface area (Å²) in [7, 11) is 0. The smallest absolute Gasteiger partial charge is 0.0866 e. The molecular weight excluding hydrogens is 210 g/mol. The van der Waals surface area contributed by atoms with Crippen molar-refractivity contribution in [2.24, 2.45) is 5.92 Å². The molecule has 1 heterocycles. The molecule has 2 nitrogen and oxygen atoms in total. The molecule has 2 aliphatic rings. The molecule has 1 saturated carbocycles. The zero-order valence-corrected chi connectivity index (χ0v) is 10.5. The van der Waals surface area contributed by atoms with Crippen molar-refractivity contribution in [1.82, 2.24) is 5.32 Å². The van der Waals surface area contributed by atoms with Gasteiger partial charge in [0.15, 0.2) is 0 Å². The van der Waals surface area contributed by atoms with Crippen LogP contribution in [0.5, 0.6) is 0 Å². The average molecular weight is 231 g/mol. The Morgan fingerprint density at radius 1 is 1.29 bits per heavy atom. The third kappa shape index (κ3) is 2.70. The molecule has 1 aromatic rings. The van der Waals surface area contributed by atoms with E-state index in [1.807, 2.05) is 0 Å². The van der Waals surface area contributed by atoms with Gasteiger partial charge in [-0.05, 0) is 31.7 Å². The Bertz CT molecular complexity index is 386. The molecule has 2 heteroatoms. The first-order chi connectivity index (χ1) is 8.33. The molecule has 3 rings (SSSR count). The minimum absolute atomic E-state index is 0.307. The second kappa shape index (κ2) is 4.79. The van der Waals surface area contributed by atoms with Crippen LogP contribution < -0.4 is 5.32 Å². The number of benzene rings is 1. The second-order valence-corrected chi connectivity index (χ2v) is 5.44. The second-order valence-electron chi connectivity index (χ2n) is 5.44. The molecule has 2 atom stereocenters. The third-order valence-corrected chi connectivity index (χ3v) is 3.83. The molecule has 2 unspecified atom stereocenters. The van der Waals surface area contributed by atoms with Crippen LogP contribution >= 0.6 is 0 Å². The van der Waals surface area contributed by atoms with E-state index in [4.69, 9.17) is 4.74 Å². The first kappa shape index (κ1) is 11.2. The van der Waals surface area contributed by atoms with Gasteiger partial charge in [-0.1, -0.05) is 29.8 Å². The van der Waals surface area contributed by atoms with Gasteiger partial charge < -0.3 is 10.1 Å². The molecule has 0 amide bonds. The zero-order chi connectivity index (χ0) is 11.7. The molecule has 1 saturated heterocycles. The molecular formula is C15H21NO. The van der Waals surface area contributed by atoms with Gasteiger partial charge >= 0.3 is 0 Å². The number of ether oxygens (including phenoxy) is 1. The van der Waals surface area contributed by atoms with Gasteiger partial charge in [0.25, 0.3) is 0 Å². The maximum atomic E-state index is 5.92. The summed E-state index contributed by atoms with van der Waals surface area (Å²) in [5.41, 5.74) is 2.68. The summed E-state index contributed by atoms with van der Waals surface area (Å²) in [6, 6.07) is 9.55. The summed E-state index contributed by atoms with van der Waals surface area (Å²) in [5.74, 6) is 0.650. The van der Waals surface area contributed by atoms with Crippen LogP contribution in [0.15, 0.2) is 24.3 Å². The Balaban J connectivity index is 1.67. The summed E-state index contributed by atoms with van der Waals surface area (Å²) < 4.78 is 5.92.